The molecule has 2 unspecified atom stereocenters. The average molecular weight is 198 g/mol. The molecule has 74 valence electrons. The summed E-state index contributed by atoms with van der Waals surface area (Å²) in [5.41, 5.74) is 1.18. The van der Waals surface area contributed by atoms with E-state index in [1.807, 2.05) is 0 Å². The SMILES string of the molecule is C=C1CC(CCC)(C(C)C)PC1=O. The first-order chi connectivity index (χ1) is 6.02. The van der Waals surface area contributed by atoms with Crippen molar-refractivity contribution in [1.82, 2.24) is 0 Å². The van der Waals surface area contributed by atoms with E-state index in [2.05, 4.69) is 27.4 Å². The third kappa shape index (κ3) is 2.02. The van der Waals surface area contributed by atoms with Gasteiger partial charge < -0.3 is 0 Å². The molecule has 1 nitrogen and oxygen atoms in total. The lowest BCUT2D eigenvalue weighted by Gasteiger charge is -2.31. The van der Waals surface area contributed by atoms with Crippen molar-refractivity contribution < 1.29 is 4.79 Å². The molecule has 0 bridgehead atoms. The Labute approximate surface area is 82.8 Å². The largest absolute Gasteiger partial charge is 0.290 e. The molecular formula is C11H19OP. The van der Waals surface area contributed by atoms with Crippen molar-refractivity contribution in [2.45, 2.75) is 45.2 Å². The molecule has 0 aromatic carbocycles. The first-order valence-corrected chi connectivity index (χ1v) is 6.02. The molecule has 1 rings (SSSR count). The van der Waals surface area contributed by atoms with Gasteiger partial charge in [-0.05, 0) is 32.9 Å². The molecule has 1 fully saturated rings. The van der Waals surface area contributed by atoms with Gasteiger partial charge in [0.15, 0.2) is 5.52 Å². The van der Waals surface area contributed by atoms with Gasteiger partial charge in [0, 0.05) is 5.16 Å². The highest BCUT2D eigenvalue weighted by Crippen LogP contribution is 2.53. The second-order valence-corrected chi connectivity index (χ2v) is 6.00. The van der Waals surface area contributed by atoms with Gasteiger partial charge >= 0.3 is 0 Å². The van der Waals surface area contributed by atoms with E-state index in [4.69, 9.17) is 0 Å². The Balaban J connectivity index is 2.82. The van der Waals surface area contributed by atoms with Crippen LogP contribution in [0.2, 0.25) is 0 Å². The smallest absolute Gasteiger partial charge is 0.177 e. The van der Waals surface area contributed by atoms with Gasteiger partial charge in [0.25, 0.3) is 0 Å². The molecule has 0 aromatic rings. The molecule has 0 spiro atoms. The maximum atomic E-state index is 11.5. The minimum atomic E-state index is 0.267. The maximum Gasteiger partial charge on any atom is 0.177 e. The Bertz CT molecular complexity index is 214. The summed E-state index contributed by atoms with van der Waals surface area (Å²) in [6.45, 7) is 10.5. The van der Waals surface area contributed by atoms with Crippen LogP contribution in [-0.2, 0) is 4.79 Å². The second kappa shape index (κ2) is 3.92. The predicted molar refractivity (Wildman–Crippen MR) is 59.6 cm³/mol. The lowest BCUT2D eigenvalue weighted by atomic mass is 9.85. The minimum absolute atomic E-state index is 0.267. The van der Waals surface area contributed by atoms with Gasteiger partial charge in [-0.25, -0.2) is 0 Å². The van der Waals surface area contributed by atoms with Crippen LogP contribution in [-0.4, -0.2) is 10.7 Å². The average Bonchev–Trinajstić information content (AvgIpc) is 2.29. The van der Waals surface area contributed by atoms with Crippen molar-refractivity contribution in [3.63, 3.8) is 0 Å². The molecule has 0 aliphatic carbocycles. The van der Waals surface area contributed by atoms with Crippen LogP contribution in [0.25, 0.3) is 0 Å². The fourth-order valence-corrected chi connectivity index (χ4v) is 3.74. The third-order valence-electron chi connectivity index (χ3n) is 3.01. The summed E-state index contributed by atoms with van der Waals surface area (Å²) in [6, 6.07) is 0. The van der Waals surface area contributed by atoms with E-state index in [0.717, 1.165) is 12.0 Å². The molecule has 1 aliphatic rings. The van der Waals surface area contributed by atoms with Crippen LogP contribution < -0.4 is 0 Å². The second-order valence-electron chi connectivity index (χ2n) is 4.30. The molecule has 1 saturated heterocycles. The van der Waals surface area contributed by atoms with Gasteiger partial charge in [-0.1, -0.05) is 33.8 Å². The van der Waals surface area contributed by atoms with Gasteiger partial charge in [0.2, 0.25) is 0 Å². The van der Waals surface area contributed by atoms with E-state index in [1.165, 1.54) is 12.8 Å². The fourth-order valence-electron chi connectivity index (χ4n) is 2.05. The van der Waals surface area contributed by atoms with E-state index in [1.54, 1.807) is 0 Å². The summed E-state index contributed by atoms with van der Waals surface area (Å²) in [4.78, 5) is 11.5. The highest BCUT2D eigenvalue weighted by atomic mass is 31.1. The monoisotopic (exact) mass is 198 g/mol. The summed E-state index contributed by atoms with van der Waals surface area (Å²) in [7, 11) is 0.473. The van der Waals surface area contributed by atoms with Crippen LogP contribution in [0.3, 0.4) is 0 Å². The zero-order chi connectivity index (χ0) is 10.1. The van der Waals surface area contributed by atoms with Crippen LogP contribution in [0.4, 0.5) is 0 Å². The highest BCUT2D eigenvalue weighted by Gasteiger charge is 2.42. The third-order valence-corrected chi connectivity index (χ3v) is 5.10. The highest BCUT2D eigenvalue weighted by molar-refractivity contribution is 7.61. The topological polar surface area (TPSA) is 17.1 Å². The van der Waals surface area contributed by atoms with Gasteiger partial charge in [-0.3, -0.25) is 4.79 Å². The van der Waals surface area contributed by atoms with Gasteiger partial charge in [-0.2, -0.15) is 0 Å². The summed E-state index contributed by atoms with van der Waals surface area (Å²) in [6.07, 6.45) is 3.29. The Morgan fingerprint density at radius 2 is 2.23 bits per heavy atom. The van der Waals surface area contributed by atoms with Crippen molar-refractivity contribution >= 4 is 14.1 Å². The summed E-state index contributed by atoms with van der Waals surface area (Å²) in [5.74, 6) is 0.606. The lowest BCUT2D eigenvalue weighted by Crippen LogP contribution is -2.26. The number of hydrogen-bond donors (Lipinski definition) is 0. The molecule has 0 radical (unpaired) electrons. The van der Waals surface area contributed by atoms with Crippen LogP contribution in [0, 0.1) is 5.92 Å². The first-order valence-electron chi connectivity index (χ1n) is 5.02. The Hall–Kier alpha value is -0.160. The van der Waals surface area contributed by atoms with Crippen molar-refractivity contribution in [3.8, 4) is 0 Å². The Kier molecular flexibility index (Phi) is 3.29. The normalized spacial score (nSPS) is 30.8. The molecule has 2 heteroatoms. The molecular weight excluding hydrogens is 179 g/mol. The summed E-state index contributed by atoms with van der Waals surface area (Å²) >= 11 is 0. The summed E-state index contributed by atoms with van der Waals surface area (Å²) in [5, 5.41) is 0.267. The van der Waals surface area contributed by atoms with Crippen LogP contribution in [0.5, 0.6) is 0 Å². The van der Waals surface area contributed by atoms with E-state index in [9.17, 15) is 4.79 Å². The molecule has 0 aromatic heterocycles. The quantitative estimate of drug-likeness (QED) is 0.502. The molecule has 0 saturated carbocycles. The first kappa shape index (κ1) is 10.9. The number of carbonyl (C=O) groups is 1. The number of hydrogen-bond acceptors (Lipinski definition) is 1. The van der Waals surface area contributed by atoms with Gasteiger partial charge in [0.1, 0.15) is 0 Å². The zero-order valence-corrected chi connectivity index (χ0v) is 9.81. The van der Waals surface area contributed by atoms with E-state index in [0.29, 0.717) is 20.0 Å². The van der Waals surface area contributed by atoms with Crippen molar-refractivity contribution in [2.75, 3.05) is 0 Å². The van der Waals surface area contributed by atoms with Gasteiger partial charge in [0.05, 0.1) is 0 Å². The summed E-state index contributed by atoms with van der Waals surface area (Å²) < 4.78 is 0. The molecule has 1 aliphatic heterocycles. The van der Waals surface area contributed by atoms with Crippen molar-refractivity contribution in [2.24, 2.45) is 5.92 Å². The Morgan fingerprint density at radius 3 is 2.54 bits per heavy atom. The molecule has 1 heterocycles. The van der Waals surface area contributed by atoms with Crippen molar-refractivity contribution in [3.05, 3.63) is 12.2 Å². The molecule has 13 heavy (non-hydrogen) atoms. The van der Waals surface area contributed by atoms with Gasteiger partial charge in [-0.15, -0.1) is 0 Å². The number of rotatable bonds is 3. The number of allylic oxidation sites excluding steroid dienone is 1. The molecule has 2 atom stereocenters. The van der Waals surface area contributed by atoms with E-state index >= 15 is 0 Å². The van der Waals surface area contributed by atoms with E-state index in [-0.39, 0.29) is 5.16 Å². The number of carbonyl (C=O) groups excluding carboxylic acids is 1. The lowest BCUT2D eigenvalue weighted by molar-refractivity contribution is -0.107. The van der Waals surface area contributed by atoms with Crippen molar-refractivity contribution in [1.29, 1.82) is 0 Å². The zero-order valence-electron chi connectivity index (χ0n) is 8.81. The molecule has 0 N–H and O–H groups in total. The minimum Gasteiger partial charge on any atom is -0.290 e. The maximum absolute atomic E-state index is 11.5. The Morgan fingerprint density at radius 1 is 1.62 bits per heavy atom. The van der Waals surface area contributed by atoms with E-state index < -0.39 is 0 Å². The molecule has 0 amide bonds. The van der Waals surface area contributed by atoms with Crippen LogP contribution in [0.15, 0.2) is 12.2 Å². The predicted octanol–water partition coefficient (Wildman–Crippen LogP) is 3.35. The van der Waals surface area contributed by atoms with Crippen LogP contribution in [0.1, 0.15) is 40.0 Å². The fraction of sp³-hybridized carbons (Fsp3) is 0.727. The standard InChI is InChI=1S/C11H19OP/c1-5-6-11(8(2)3)7-9(4)10(12)13-11/h8,13H,4-7H2,1-3H3. The van der Waals surface area contributed by atoms with Crippen LogP contribution >= 0.6 is 8.58 Å².